The second-order valence-electron chi connectivity index (χ2n) is 6.33. The van der Waals surface area contributed by atoms with Crippen molar-refractivity contribution in [2.75, 3.05) is 0 Å². The molecule has 0 aliphatic rings. The van der Waals surface area contributed by atoms with Crippen LogP contribution in [0.3, 0.4) is 0 Å². The molecule has 2 N–H and O–H groups in total. The van der Waals surface area contributed by atoms with Crippen LogP contribution in [-0.4, -0.2) is 27.4 Å². The predicted octanol–water partition coefficient (Wildman–Crippen LogP) is 2.24. The Hall–Kier alpha value is -4.15. The standard InChI is InChI=1S/C19H19N5O6/c1-13(9-18(25)20-12-14-5-3-2-4-6-14)21-22-19(26)10-15-7-8-16(23(27)28)11-17(15)24(29)30/h2-8,11H,9-10,12H2,1H3,(H,20,25)(H,22,26)/b21-13+. The summed E-state index contributed by atoms with van der Waals surface area (Å²) >= 11 is 0. The van der Waals surface area contributed by atoms with Gasteiger partial charge in [-0.1, -0.05) is 30.3 Å². The van der Waals surface area contributed by atoms with E-state index in [1.165, 1.54) is 0 Å². The van der Waals surface area contributed by atoms with E-state index in [1.54, 1.807) is 6.92 Å². The number of hydrogen-bond acceptors (Lipinski definition) is 7. The fourth-order valence-electron chi connectivity index (χ4n) is 2.49. The lowest BCUT2D eigenvalue weighted by molar-refractivity contribution is -0.394. The third kappa shape index (κ3) is 6.78. The molecule has 2 aromatic rings. The van der Waals surface area contributed by atoms with Gasteiger partial charge in [0.1, 0.15) is 0 Å². The Morgan fingerprint density at radius 1 is 1.00 bits per heavy atom. The largest absolute Gasteiger partial charge is 0.352 e. The van der Waals surface area contributed by atoms with Crippen molar-refractivity contribution in [1.29, 1.82) is 0 Å². The van der Waals surface area contributed by atoms with Gasteiger partial charge in [-0.05, 0) is 18.6 Å². The lowest BCUT2D eigenvalue weighted by atomic mass is 10.1. The van der Waals surface area contributed by atoms with Crippen LogP contribution in [0.4, 0.5) is 11.4 Å². The van der Waals surface area contributed by atoms with E-state index in [-0.39, 0.29) is 17.9 Å². The van der Waals surface area contributed by atoms with Crippen molar-refractivity contribution in [3.05, 3.63) is 79.9 Å². The molecule has 0 saturated heterocycles. The number of nitrogens with zero attached hydrogens (tertiary/aromatic N) is 3. The molecule has 0 heterocycles. The van der Waals surface area contributed by atoms with Crippen LogP contribution in [0.5, 0.6) is 0 Å². The Morgan fingerprint density at radius 2 is 1.70 bits per heavy atom. The Balaban J connectivity index is 1.89. The molecule has 0 atom stereocenters. The van der Waals surface area contributed by atoms with Crippen LogP contribution in [0.2, 0.25) is 0 Å². The Kier molecular flexibility index (Phi) is 7.68. The maximum Gasteiger partial charge on any atom is 0.279 e. The topological polar surface area (TPSA) is 157 Å². The van der Waals surface area contributed by atoms with E-state index in [0.29, 0.717) is 12.3 Å². The van der Waals surface area contributed by atoms with Crippen molar-refractivity contribution >= 4 is 28.9 Å². The third-order valence-corrected chi connectivity index (χ3v) is 3.95. The van der Waals surface area contributed by atoms with Crippen molar-refractivity contribution in [2.45, 2.75) is 26.3 Å². The molecule has 0 unspecified atom stereocenters. The number of hydrogen-bond donors (Lipinski definition) is 2. The van der Waals surface area contributed by atoms with Crippen LogP contribution in [0.25, 0.3) is 0 Å². The first-order valence-corrected chi connectivity index (χ1v) is 8.80. The highest BCUT2D eigenvalue weighted by Gasteiger charge is 2.21. The molecule has 2 rings (SSSR count). The highest BCUT2D eigenvalue weighted by atomic mass is 16.6. The summed E-state index contributed by atoms with van der Waals surface area (Å²) in [4.78, 5) is 44.3. The van der Waals surface area contributed by atoms with Crippen molar-refractivity contribution < 1.29 is 19.4 Å². The molecule has 11 nitrogen and oxygen atoms in total. The number of nitro benzene ring substituents is 2. The van der Waals surface area contributed by atoms with Gasteiger partial charge in [0, 0.05) is 23.9 Å². The van der Waals surface area contributed by atoms with Crippen LogP contribution in [0.1, 0.15) is 24.5 Å². The monoisotopic (exact) mass is 413 g/mol. The normalized spacial score (nSPS) is 10.9. The number of non-ortho nitro benzene ring substituents is 1. The molecular weight excluding hydrogens is 394 g/mol. The first-order valence-electron chi connectivity index (χ1n) is 8.80. The van der Waals surface area contributed by atoms with E-state index in [9.17, 15) is 29.8 Å². The highest BCUT2D eigenvalue weighted by Crippen LogP contribution is 2.24. The Labute approximate surface area is 171 Å². The van der Waals surface area contributed by atoms with E-state index in [4.69, 9.17) is 0 Å². The summed E-state index contributed by atoms with van der Waals surface area (Å²) in [5, 5.41) is 28.4. The molecule has 156 valence electrons. The summed E-state index contributed by atoms with van der Waals surface area (Å²) in [5.41, 5.74) is 2.55. The quantitative estimate of drug-likeness (QED) is 0.365. The number of rotatable bonds is 9. The number of carbonyl (C=O) groups excluding carboxylic acids is 2. The second kappa shape index (κ2) is 10.4. The van der Waals surface area contributed by atoms with Gasteiger partial charge in [-0.3, -0.25) is 29.8 Å². The molecular formula is C19H19N5O6. The molecule has 11 heteroatoms. The van der Waals surface area contributed by atoms with Crippen molar-refractivity contribution in [3.63, 3.8) is 0 Å². The summed E-state index contributed by atoms with van der Waals surface area (Å²) < 4.78 is 0. The minimum Gasteiger partial charge on any atom is -0.352 e. The lowest BCUT2D eigenvalue weighted by Crippen LogP contribution is -2.26. The maximum atomic E-state index is 12.0. The summed E-state index contributed by atoms with van der Waals surface area (Å²) in [7, 11) is 0. The molecule has 0 saturated carbocycles. The van der Waals surface area contributed by atoms with Crippen molar-refractivity contribution in [2.24, 2.45) is 5.10 Å². The van der Waals surface area contributed by atoms with Crippen molar-refractivity contribution in [3.8, 4) is 0 Å². The third-order valence-electron chi connectivity index (χ3n) is 3.95. The zero-order valence-electron chi connectivity index (χ0n) is 16.0. The number of nitro groups is 2. The lowest BCUT2D eigenvalue weighted by Gasteiger charge is -2.06. The summed E-state index contributed by atoms with van der Waals surface area (Å²) in [6, 6.07) is 12.4. The second-order valence-corrected chi connectivity index (χ2v) is 6.33. The smallest absolute Gasteiger partial charge is 0.279 e. The van der Waals surface area contributed by atoms with Crippen LogP contribution < -0.4 is 10.7 Å². The number of carbonyl (C=O) groups is 2. The fraction of sp³-hybridized carbons (Fsp3) is 0.211. The minimum atomic E-state index is -0.790. The van der Waals surface area contributed by atoms with Crippen LogP contribution in [-0.2, 0) is 22.6 Å². The van der Waals surface area contributed by atoms with Crippen LogP contribution in [0.15, 0.2) is 53.6 Å². The molecule has 0 aliphatic carbocycles. The van der Waals surface area contributed by atoms with Gasteiger partial charge >= 0.3 is 0 Å². The van der Waals surface area contributed by atoms with E-state index >= 15 is 0 Å². The van der Waals surface area contributed by atoms with Crippen LogP contribution >= 0.6 is 0 Å². The maximum absolute atomic E-state index is 12.0. The van der Waals surface area contributed by atoms with Gasteiger partial charge in [-0.15, -0.1) is 0 Å². The van der Waals surface area contributed by atoms with Gasteiger partial charge in [-0.2, -0.15) is 5.10 Å². The number of hydrazone groups is 1. The molecule has 2 aromatic carbocycles. The Morgan fingerprint density at radius 3 is 2.33 bits per heavy atom. The molecule has 2 amide bonds. The predicted molar refractivity (Wildman–Crippen MR) is 108 cm³/mol. The molecule has 0 fully saturated rings. The molecule has 30 heavy (non-hydrogen) atoms. The first-order chi connectivity index (χ1) is 14.3. The van der Waals surface area contributed by atoms with E-state index < -0.39 is 33.5 Å². The fourth-order valence-corrected chi connectivity index (χ4v) is 2.49. The van der Waals surface area contributed by atoms with Gasteiger partial charge in [0.15, 0.2) is 0 Å². The molecule has 0 bridgehead atoms. The van der Waals surface area contributed by atoms with E-state index in [0.717, 1.165) is 23.8 Å². The molecule has 0 spiro atoms. The van der Waals surface area contributed by atoms with Gasteiger partial charge in [-0.25, -0.2) is 5.43 Å². The highest BCUT2D eigenvalue weighted by molar-refractivity contribution is 6.00. The minimum absolute atomic E-state index is 0.0107. The van der Waals surface area contributed by atoms with Gasteiger partial charge in [0.2, 0.25) is 11.8 Å². The SMILES string of the molecule is C/C(CC(=O)NCc1ccccc1)=N\NC(=O)Cc1ccc([N+](=O)[O-])cc1[N+](=O)[O-]. The summed E-state index contributed by atoms with van der Waals surface area (Å²) in [6.45, 7) is 1.92. The average molecular weight is 413 g/mol. The molecule has 0 aromatic heterocycles. The zero-order valence-corrected chi connectivity index (χ0v) is 16.0. The number of amides is 2. The first kappa shape index (κ1) is 22.1. The van der Waals surface area contributed by atoms with Gasteiger partial charge in [0.05, 0.1) is 28.8 Å². The van der Waals surface area contributed by atoms with E-state index in [1.807, 2.05) is 30.3 Å². The molecule has 0 aliphatic heterocycles. The van der Waals surface area contributed by atoms with Gasteiger partial charge in [0.25, 0.3) is 11.4 Å². The van der Waals surface area contributed by atoms with Gasteiger partial charge < -0.3 is 5.32 Å². The zero-order chi connectivity index (χ0) is 22.1. The van der Waals surface area contributed by atoms with Crippen molar-refractivity contribution in [1.82, 2.24) is 10.7 Å². The number of benzene rings is 2. The summed E-state index contributed by atoms with van der Waals surface area (Å²) in [6.07, 6.45) is -0.434. The Bertz CT molecular complexity index is 990. The average Bonchev–Trinajstić information content (AvgIpc) is 2.71. The van der Waals surface area contributed by atoms with Crippen LogP contribution in [0, 0.1) is 20.2 Å². The molecule has 0 radical (unpaired) electrons. The summed E-state index contributed by atoms with van der Waals surface area (Å²) in [5.74, 6) is -0.934. The number of nitrogens with one attached hydrogen (secondary N) is 2. The van der Waals surface area contributed by atoms with E-state index in [2.05, 4.69) is 15.8 Å².